The lowest BCUT2D eigenvalue weighted by Gasteiger charge is -2.33. The summed E-state index contributed by atoms with van der Waals surface area (Å²) >= 11 is 0. The predicted molar refractivity (Wildman–Crippen MR) is 102 cm³/mol. The molecule has 0 aliphatic carbocycles. The van der Waals surface area contributed by atoms with Crippen molar-refractivity contribution in [2.24, 2.45) is 0 Å². The van der Waals surface area contributed by atoms with Crippen molar-refractivity contribution >= 4 is 12.0 Å². The first-order valence-electron chi connectivity index (χ1n) is 9.08. The van der Waals surface area contributed by atoms with E-state index in [0.717, 1.165) is 19.3 Å². The lowest BCUT2D eigenvalue weighted by atomic mass is 9.94. The van der Waals surface area contributed by atoms with Gasteiger partial charge >= 0.3 is 12.0 Å². The molecule has 1 unspecified atom stereocenters. The number of esters is 1. The van der Waals surface area contributed by atoms with Crippen molar-refractivity contribution in [1.29, 1.82) is 0 Å². The first-order valence-corrected chi connectivity index (χ1v) is 9.08. The fourth-order valence-corrected chi connectivity index (χ4v) is 2.99. The maximum absolute atomic E-state index is 12.8. The normalized spacial score (nSPS) is 16.9. The molecule has 0 saturated carbocycles. The van der Waals surface area contributed by atoms with Crippen LogP contribution < -0.4 is 14.8 Å². The predicted octanol–water partition coefficient (Wildman–Crippen LogP) is 3.41. The van der Waals surface area contributed by atoms with Crippen LogP contribution in [0.3, 0.4) is 0 Å². The molecule has 148 valence electrons. The molecule has 1 N–H and O–H groups in total. The van der Waals surface area contributed by atoms with Gasteiger partial charge in [-0.2, -0.15) is 0 Å². The minimum Gasteiger partial charge on any atom is -0.497 e. The molecular weight excluding hydrogens is 348 g/mol. The quantitative estimate of drug-likeness (QED) is 0.556. The standard InChI is InChI=1S/C20H28N2O5/c1-6-7-8-11-27-19(23)17-13(2)22(3)20(24)21-18(17)15-12-14(25-4)9-10-16(15)26-5/h9-10,12,18H,6-8,11H2,1-5H3,(H,21,24). The Kier molecular flexibility index (Phi) is 7.10. The maximum Gasteiger partial charge on any atom is 0.338 e. The third-order valence-electron chi connectivity index (χ3n) is 4.70. The van der Waals surface area contributed by atoms with Gasteiger partial charge in [-0.3, -0.25) is 0 Å². The van der Waals surface area contributed by atoms with E-state index in [1.807, 2.05) is 0 Å². The van der Waals surface area contributed by atoms with Gasteiger partial charge in [-0.25, -0.2) is 9.59 Å². The second-order valence-electron chi connectivity index (χ2n) is 6.39. The van der Waals surface area contributed by atoms with E-state index >= 15 is 0 Å². The van der Waals surface area contributed by atoms with Gasteiger partial charge in [0.2, 0.25) is 0 Å². The number of unbranched alkanes of at least 4 members (excludes halogenated alkanes) is 2. The highest BCUT2D eigenvalue weighted by Crippen LogP contribution is 2.37. The molecule has 1 aliphatic heterocycles. The first-order chi connectivity index (χ1) is 12.9. The fraction of sp³-hybridized carbons (Fsp3) is 0.500. The van der Waals surface area contributed by atoms with Crippen LogP contribution in [0.2, 0.25) is 0 Å². The molecule has 1 atom stereocenters. The number of carbonyl (C=O) groups is 2. The maximum atomic E-state index is 12.8. The van der Waals surface area contributed by atoms with Gasteiger partial charge in [0.05, 0.1) is 32.4 Å². The Morgan fingerprint density at radius 2 is 1.96 bits per heavy atom. The van der Waals surface area contributed by atoms with Crippen molar-refractivity contribution in [1.82, 2.24) is 10.2 Å². The van der Waals surface area contributed by atoms with Crippen LogP contribution in [0, 0.1) is 0 Å². The molecule has 0 fully saturated rings. The highest BCUT2D eigenvalue weighted by molar-refractivity contribution is 5.95. The van der Waals surface area contributed by atoms with Crippen molar-refractivity contribution in [3.63, 3.8) is 0 Å². The minimum atomic E-state index is -0.683. The molecule has 1 aromatic rings. The number of hydrogen-bond donors (Lipinski definition) is 1. The number of rotatable bonds is 8. The van der Waals surface area contributed by atoms with Crippen LogP contribution in [-0.2, 0) is 9.53 Å². The van der Waals surface area contributed by atoms with Crippen molar-refractivity contribution in [3.05, 3.63) is 35.0 Å². The summed E-state index contributed by atoms with van der Waals surface area (Å²) in [7, 11) is 4.72. The zero-order chi connectivity index (χ0) is 20.0. The Balaban J connectivity index is 2.43. The molecule has 7 nitrogen and oxygen atoms in total. The van der Waals surface area contributed by atoms with Gasteiger partial charge in [-0.05, 0) is 31.5 Å². The smallest absolute Gasteiger partial charge is 0.338 e. The van der Waals surface area contributed by atoms with Gasteiger partial charge < -0.3 is 24.4 Å². The van der Waals surface area contributed by atoms with E-state index in [0.29, 0.717) is 34.9 Å². The number of ether oxygens (including phenoxy) is 3. The van der Waals surface area contributed by atoms with Crippen molar-refractivity contribution in [2.45, 2.75) is 39.2 Å². The second-order valence-corrected chi connectivity index (χ2v) is 6.39. The monoisotopic (exact) mass is 376 g/mol. The number of carbonyl (C=O) groups excluding carboxylic acids is 2. The molecule has 0 spiro atoms. The molecule has 0 radical (unpaired) electrons. The number of nitrogens with one attached hydrogen (secondary N) is 1. The Bertz CT molecular complexity index is 729. The second kappa shape index (κ2) is 9.30. The van der Waals surface area contributed by atoms with Crippen LogP contribution in [0.4, 0.5) is 4.79 Å². The summed E-state index contributed by atoms with van der Waals surface area (Å²) < 4.78 is 16.2. The summed E-state index contributed by atoms with van der Waals surface area (Å²) in [6, 6.07) is 4.28. The zero-order valence-corrected chi connectivity index (χ0v) is 16.6. The number of methoxy groups -OCH3 is 2. The average Bonchev–Trinajstić information content (AvgIpc) is 2.68. The number of amides is 2. The molecular formula is C20H28N2O5. The summed E-state index contributed by atoms with van der Waals surface area (Å²) in [5.41, 5.74) is 1.58. The molecule has 7 heteroatoms. The molecule has 0 bridgehead atoms. The third-order valence-corrected chi connectivity index (χ3v) is 4.70. The van der Waals surface area contributed by atoms with Crippen LogP contribution in [0.25, 0.3) is 0 Å². The van der Waals surface area contributed by atoms with E-state index < -0.39 is 12.0 Å². The molecule has 0 saturated heterocycles. The Labute approximate surface area is 160 Å². The van der Waals surface area contributed by atoms with Gasteiger partial charge in [0.25, 0.3) is 0 Å². The lowest BCUT2D eigenvalue weighted by Crippen LogP contribution is -2.46. The molecule has 2 amide bonds. The summed E-state index contributed by atoms with van der Waals surface area (Å²) in [5.74, 6) is 0.715. The topological polar surface area (TPSA) is 77.1 Å². The van der Waals surface area contributed by atoms with Crippen molar-refractivity contribution in [2.75, 3.05) is 27.9 Å². The van der Waals surface area contributed by atoms with E-state index in [-0.39, 0.29) is 6.03 Å². The third kappa shape index (κ3) is 4.53. The van der Waals surface area contributed by atoms with Crippen LogP contribution >= 0.6 is 0 Å². The molecule has 2 rings (SSSR count). The van der Waals surface area contributed by atoms with Gasteiger partial charge in [0.15, 0.2) is 0 Å². The lowest BCUT2D eigenvalue weighted by molar-refractivity contribution is -0.139. The summed E-state index contributed by atoms with van der Waals surface area (Å²) in [6.07, 6.45) is 2.85. The van der Waals surface area contributed by atoms with Gasteiger partial charge in [0, 0.05) is 18.3 Å². The molecule has 0 aromatic heterocycles. The van der Waals surface area contributed by atoms with E-state index in [2.05, 4.69) is 12.2 Å². The highest BCUT2D eigenvalue weighted by Gasteiger charge is 2.36. The van der Waals surface area contributed by atoms with Gasteiger partial charge in [-0.1, -0.05) is 19.8 Å². The van der Waals surface area contributed by atoms with Crippen LogP contribution in [0.1, 0.15) is 44.7 Å². The zero-order valence-electron chi connectivity index (χ0n) is 16.6. The number of benzene rings is 1. The summed E-state index contributed by atoms with van der Waals surface area (Å²) in [5, 5.41) is 2.86. The van der Waals surface area contributed by atoms with E-state index in [9.17, 15) is 9.59 Å². The Morgan fingerprint density at radius 3 is 2.59 bits per heavy atom. The minimum absolute atomic E-state index is 0.301. The van der Waals surface area contributed by atoms with E-state index in [1.54, 1.807) is 46.4 Å². The van der Waals surface area contributed by atoms with Gasteiger partial charge in [0.1, 0.15) is 11.5 Å². The number of urea groups is 1. The average molecular weight is 376 g/mol. The Morgan fingerprint density at radius 1 is 1.22 bits per heavy atom. The molecule has 1 heterocycles. The first kappa shape index (κ1) is 20.6. The van der Waals surface area contributed by atoms with E-state index in [1.165, 1.54) is 4.90 Å². The largest absolute Gasteiger partial charge is 0.497 e. The van der Waals surface area contributed by atoms with Crippen LogP contribution in [0.15, 0.2) is 29.5 Å². The fourth-order valence-electron chi connectivity index (χ4n) is 2.99. The van der Waals surface area contributed by atoms with Crippen LogP contribution in [-0.4, -0.2) is 44.8 Å². The molecule has 1 aliphatic rings. The van der Waals surface area contributed by atoms with Crippen LogP contribution in [0.5, 0.6) is 11.5 Å². The summed E-state index contributed by atoms with van der Waals surface area (Å²) in [6.45, 7) is 4.18. The van der Waals surface area contributed by atoms with Crippen molar-refractivity contribution < 1.29 is 23.8 Å². The number of nitrogens with zero attached hydrogens (tertiary/aromatic N) is 1. The van der Waals surface area contributed by atoms with E-state index in [4.69, 9.17) is 14.2 Å². The molecule has 27 heavy (non-hydrogen) atoms. The highest BCUT2D eigenvalue weighted by atomic mass is 16.5. The number of allylic oxidation sites excluding steroid dienone is 1. The SMILES string of the molecule is CCCCCOC(=O)C1=C(C)N(C)C(=O)NC1c1cc(OC)ccc1OC. The summed E-state index contributed by atoms with van der Waals surface area (Å²) in [4.78, 5) is 26.6. The Hall–Kier alpha value is -2.70. The molecule has 1 aromatic carbocycles. The van der Waals surface area contributed by atoms with Crippen molar-refractivity contribution in [3.8, 4) is 11.5 Å². The van der Waals surface area contributed by atoms with Gasteiger partial charge in [-0.15, -0.1) is 0 Å². The number of hydrogen-bond acceptors (Lipinski definition) is 5.